The van der Waals surface area contributed by atoms with Gasteiger partial charge in [-0.25, -0.2) is 0 Å². The van der Waals surface area contributed by atoms with Crippen LogP contribution in [0.15, 0.2) is 22.9 Å². The molecule has 1 aliphatic carbocycles. The molecule has 0 spiro atoms. The topological polar surface area (TPSA) is 81.4 Å². The molecule has 7 nitrogen and oxygen atoms in total. The van der Waals surface area contributed by atoms with Crippen LogP contribution in [0.4, 0.5) is 0 Å². The quantitative estimate of drug-likeness (QED) is 0.790. The van der Waals surface area contributed by atoms with Crippen molar-refractivity contribution in [1.29, 1.82) is 0 Å². The van der Waals surface area contributed by atoms with Gasteiger partial charge in [-0.15, -0.1) is 0 Å². The molecule has 0 N–H and O–H groups in total. The van der Waals surface area contributed by atoms with Crippen LogP contribution in [0.5, 0.6) is 0 Å². The first kappa shape index (κ1) is 17.1. The van der Waals surface area contributed by atoms with Gasteiger partial charge in [0.15, 0.2) is 5.82 Å². The Balaban J connectivity index is 1.47. The highest BCUT2D eigenvalue weighted by molar-refractivity contribution is 5.94. The minimum absolute atomic E-state index is 0.0107. The molecule has 1 saturated carbocycles. The summed E-state index contributed by atoms with van der Waals surface area (Å²) in [6, 6.07) is 3.69. The van der Waals surface area contributed by atoms with E-state index >= 15 is 0 Å². The molecule has 2 fully saturated rings. The third kappa shape index (κ3) is 3.77. The summed E-state index contributed by atoms with van der Waals surface area (Å²) in [6.45, 7) is 6.32. The lowest BCUT2D eigenvalue weighted by Gasteiger charge is -2.16. The summed E-state index contributed by atoms with van der Waals surface area (Å²) in [5.41, 5.74) is 1.50. The molecular formula is C19H24N4O3. The summed E-state index contributed by atoms with van der Waals surface area (Å²) in [5.74, 6) is 2.10. The average molecular weight is 356 g/mol. The van der Waals surface area contributed by atoms with Gasteiger partial charge in [0, 0.05) is 37.5 Å². The molecule has 1 amide bonds. The van der Waals surface area contributed by atoms with Crippen molar-refractivity contribution < 1.29 is 14.1 Å². The van der Waals surface area contributed by atoms with Gasteiger partial charge in [0.25, 0.3) is 5.91 Å². The summed E-state index contributed by atoms with van der Waals surface area (Å²) in [7, 11) is 0. The Labute approximate surface area is 152 Å². The Bertz CT molecular complexity index is 769. The molecule has 26 heavy (non-hydrogen) atoms. The van der Waals surface area contributed by atoms with Crippen LogP contribution in [0.3, 0.4) is 0 Å². The third-order valence-electron chi connectivity index (χ3n) is 5.13. The summed E-state index contributed by atoms with van der Waals surface area (Å²) in [5, 5.41) is 3.91. The maximum Gasteiger partial charge on any atom is 0.255 e. The molecule has 1 saturated heterocycles. The lowest BCUT2D eigenvalue weighted by Crippen LogP contribution is -2.29. The summed E-state index contributed by atoms with van der Waals surface area (Å²) in [6.07, 6.45) is 4.17. The molecule has 0 aromatic carbocycles. The van der Waals surface area contributed by atoms with Crippen LogP contribution in [0.1, 0.15) is 46.5 Å². The van der Waals surface area contributed by atoms with Crippen molar-refractivity contribution >= 4 is 5.91 Å². The molecule has 2 atom stereocenters. The normalized spacial score (nSPS) is 22.8. The first-order valence-corrected chi connectivity index (χ1v) is 9.20. The molecule has 1 aliphatic heterocycles. The van der Waals surface area contributed by atoms with E-state index in [1.165, 1.54) is 12.8 Å². The number of hydrogen-bond acceptors (Lipinski definition) is 6. The molecule has 2 unspecified atom stereocenters. The number of aryl methyl sites for hydroxylation is 2. The highest BCUT2D eigenvalue weighted by Crippen LogP contribution is 2.34. The van der Waals surface area contributed by atoms with E-state index in [0.29, 0.717) is 37.0 Å². The lowest BCUT2D eigenvalue weighted by atomic mass is 9.97. The van der Waals surface area contributed by atoms with Crippen molar-refractivity contribution in [2.24, 2.45) is 11.8 Å². The number of hydrogen-bond donors (Lipinski definition) is 0. The van der Waals surface area contributed by atoms with Gasteiger partial charge in [-0.05, 0) is 44.7 Å². The van der Waals surface area contributed by atoms with E-state index in [4.69, 9.17) is 9.26 Å². The standard InChI is InChI=1S/C19H24N4O3/c1-12-3-6-15(7-20-12)19(24)23-8-16(11-25-10-14-4-5-14)17(9-23)18-21-13(2)22-26-18/h3,6-7,14,16-17H,4-5,8-11H2,1-2H3. The first-order valence-electron chi connectivity index (χ1n) is 9.20. The zero-order valence-corrected chi connectivity index (χ0v) is 15.2. The van der Waals surface area contributed by atoms with Crippen LogP contribution in [0.2, 0.25) is 0 Å². The zero-order valence-electron chi connectivity index (χ0n) is 15.2. The highest BCUT2D eigenvalue weighted by Gasteiger charge is 2.40. The predicted molar refractivity (Wildman–Crippen MR) is 93.7 cm³/mol. The number of ether oxygens (including phenoxy) is 1. The fraction of sp³-hybridized carbons (Fsp3) is 0.579. The minimum Gasteiger partial charge on any atom is -0.381 e. The number of rotatable bonds is 6. The molecule has 0 bridgehead atoms. The lowest BCUT2D eigenvalue weighted by molar-refractivity contribution is 0.0736. The number of carbonyl (C=O) groups is 1. The maximum absolute atomic E-state index is 12.9. The van der Waals surface area contributed by atoms with Gasteiger partial charge in [0.1, 0.15) is 0 Å². The highest BCUT2D eigenvalue weighted by atomic mass is 16.5. The Morgan fingerprint density at radius 1 is 1.27 bits per heavy atom. The minimum atomic E-state index is -0.0107. The van der Waals surface area contributed by atoms with Crippen molar-refractivity contribution in [3.05, 3.63) is 41.3 Å². The zero-order chi connectivity index (χ0) is 18.1. The Morgan fingerprint density at radius 2 is 2.12 bits per heavy atom. The average Bonchev–Trinajstić information content (AvgIpc) is 3.20. The molecule has 0 radical (unpaired) electrons. The molecule has 2 aromatic rings. The smallest absolute Gasteiger partial charge is 0.255 e. The Kier molecular flexibility index (Phi) is 4.72. The number of pyridine rings is 1. The van der Waals surface area contributed by atoms with Gasteiger partial charge in [-0.3, -0.25) is 9.78 Å². The number of likely N-dealkylation sites (tertiary alicyclic amines) is 1. The fourth-order valence-electron chi connectivity index (χ4n) is 3.40. The van der Waals surface area contributed by atoms with E-state index in [1.54, 1.807) is 13.1 Å². The van der Waals surface area contributed by atoms with Gasteiger partial charge in [-0.2, -0.15) is 4.98 Å². The van der Waals surface area contributed by atoms with E-state index in [9.17, 15) is 4.79 Å². The van der Waals surface area contributed by atoms with Crippen LogP contribution < -0.4 is 0 Å². The second kappa shape index (κ2) is 7.15. The van der Waals surface area contributed by atoms with E-state index in [0.717, 1.165) is 18.2 Å². The predicted octanol–water partition coefficient (Wildman–Crippen LogP) is 2.36. The van der Waals surface area contributed by atoms with E-state index < -0.39 is 0 Å². The van der Waals surface area contributed by atoms with Gasteiger partial charge < -0.3 is 14.2 Å². The van der Waals surface area contributed by atoms with E-state index in [-0.39, 0.29) is 17.7 Å². The second-order valence-corrected chi connectivity index (χ2v) is 7.43. The van der Waals surface area contributed by atoms with Crippen LogP contribution in [-0.2, 0) is 4.74 Å². The summed E-state index contributed by atoms with van der Waals surface area (Å²) >= 11 is 0. The molecule has 7 heteroatoms. The van der Waals surface area contributed by atoms with Crippen LogP contribution >= 0.6 is 0 Å². The first-order chi connectivity index (χ1) is 12.6. The van der Waals surface area contributed by atoms with Crippen molar-refractivity contribution in [3.63, 3.8) is 0 Å². The molecule has 3 heterocycles. The van der Waals surface area contributed by atoms with Crippen molar-refractivity contribution in [2.75, 3.05) is 26.3 Å². The summed E-state index contributed by atoms with van der Waals surface area (Å²) < 4.78 is 11.3. The monoisotopic (exact) mass is 356 g/mol. The number of carbonyl (C=O) groups excluding carboxylic acids is 1. The fourth-order valence-corrected chi connectivity index (χ4v) is 3.40. The van der Waals surface area contributed by atoms with E-state index in [2.05, 4.69) is 15.1 Å². The van der Waals surface area contributed by atoms with Gasteiger partial charge >= 0.3 is 0 Å². The van der Waals surface area contributed by atoms with Crippen molar-refractivity contribution in [3.8, 4) is 0 Å². The van der Waals surface area contributed by atoms with Gasteiger partial charge in [-0.1, -0.05) is 5.16 Å². The maximum atomic E-state index is 12.9. The largest absolute Gasteiger partial charge is 0.381 e. The molecule has 2 aliphatic rings. The summed E-state index contributed by atoms with van der Waals surface area (Å²) in [4.78, 5) is 23.3. The number of nitrogens with zero attached hydrogens (tertiary/aromatic N) is 4. The molecular weight excluding hydrogens is 332 g/mol. The van der Waals surface area contributed by atoms with Gasteiger partial charge in [0.05, 0.1) is 18.1 Å². The molecule has 138 valence electrons. The number of amides is 1. The van der Waals surface area contributed by atoms with Crippen LogP contribution in [-0.4, -0.2) is 52.2 Å². The van der Waals surface area contributed by atoms with Crippen molar-refractivity contribution in [2.45, 2.75) is 32.6 Å². The molecule has 2 aromatic heterocycles. The Hall–Kier alpha value is -2.28. The SMILES string of the molecule is Cc1ccc(C(=O)N2CC(COCC3CC3)C(c3nc(C)no3)C2)cn1. The van der Waals surface area contributed by atoms with Crippen molar-refractivity contribution in [1.82, 2.24) is 20.0 Å². The number of aromatic nitrogens is 3. The third-order valence-corrected chi connectivity index (χ3v) is 5.13. The van der Waals surface area contributed by atoms with Crippen LogP contribution in [0, 0.1) is 25.7 Å². The second-order valence-electron chi connectivity index (χ2n) is 7.43. The van der Waals surface area contributed by atoms with Gasteiger partial charge in [0.2, 0.25) is 5.89 Å². The van der Waals surface area contributed by atoms with Crippen LogP contribution in [0.25, 0.3) is 0 Å². The molecule has 4 rings (SSSR count). The Morgan fingerprint density at radius 3 is 2.77 bits per heavy atom. The van der Waals surface area contributed by atoms with E-state index in [1.807, 2.05) is 24.0 Å².